The van der Waals surface area contributed by atoms with Crippen LogP contribution in [-0.2, 0) is 11.2 Å². The molecule has 5 heteroatoms. The van der Waals surface area contributed by atoms with Crippen LogP contribution in [0.2, 0.25) is 5.15 Å². The first-order valence-electron chi connectivity index (χ1n) is 5.44. The van der Waals surface area contributed by atoms with Gasteiger partial charge in [-0.05, 0) is 13.3 Å². The molecule has 0 spiro atoms. The number of nitrogens with one attached hydrogen (secondary N) is 1. The summed E-state index contributed by atoms with van der Waals surface area (Å²) >= 11 is 5.90. The second-order valence-electron chi connectivity index (χ2n) is 3.67. The van der Waals surface area contributed by atoms with Crippen LogP contribution in [0.15, 0.2) is 6.07 Å². The quantitative estimate of drug-likeness (QED) is 0.780. The highest BCUT2D eigenvalue weighted by atomic mass is 35.5. The normalized spacial score (nSPS) is 12.5. The lowest BCUT2D eigenvalue weighted by molar-refractivity contribution is 0.191. The van der Waals surface area contributed by atoms with E-state index in [9.17, 15) is 0 Å². The molecule has 0 aromatic carbocycles. The number of anilines is 1. The summed E-state index contributed by atoms with van der Waals surface area (Å²) in [5, 5.41) is 3.76. The molecular formula is C11H18ClN3O. The number of aryl methyl sites for hydroxylation is 1. The molecule has 0 amide bonds. The molecule has 1 unspecified atom stereocenters. The number of hydrogen-bond acceptors (Lipinski definition) is 4. The first kappa shape index (κ1) is 13.2. The van der Waals surface area contributed by atoms with Crippen molar-refractivity contribution in [1.29, 1.82) is 0 Å². The Morgan fingerprint density at radius 2 is 2.25 bits per heavy atom. The fourth-order valence-corrected chi connectivity index (χ4v) is 1.52. The van der Waals surface area contributed by atoms with Crippen LogP contribution in [0, 0.1) is 0 Å². The minimum absolute atomic E-state index is 0.302. The summed E-state index contributed by atoms with van der Waals surface area (Å²) in [6, 6.07) is 2.04. The van der Waals surface area contributed by atoms with Gasteiger partial charge in [-0.2, -0.15) is 0 Å². The van der Waals surface area contributed by atoms with Gasteiger partial charge in [-0.3, -0.25) is 0 Å². The van der Waals surface area contributed by atoms with Gasteiger partial charge in [0.15, 0.2) is 0 Å². The van der Waals surface area contributed by atoms with E-state index in [1.165, 1.54) is 0 Å². The van der Waals surface area contributed by atoms with Crippen LogP contribution in [0.1, 0.15) is 26.1 Å². The number of halogens is 1. The third-order valence-corrected chi connectivity index (χ3v) is 2.40. The van der Waals surface area contributed by atoms with Crippen LogP contribution >= 0.6 is 11.6 Å². The van der Waals surface area contributed by atoms with Gasteiger partial charge in [0.1, 0.15) is 16.8 Å². The van der Waals surface area contributed by atoms with Gasteiger partial charge >= 0.3 is 0 Å². The molecule has 0 aliphatic rings. The Labute approximate surface area is 101 Å². The highest BCUT2D eigenvalue weighted by molar-refractivity contribution is 6.29. The summed E-state index contributed by atoms with van der Waals surface area (Å²) < 4.78 is 5.02. The van der Waals surface area contributed by atoms with Crippen molar-refractivity contribution in [2.24, 2.45) is 0 Å². The van der Waals surface area contributed by atoms with Crippen LogP contribution in [0.3, 0.4) is 0 Å². The van der Waals surface area contributed by atoms with E-state index >= 15 is 0 Å². The van der Waals surface area contributed by atoms with Gasteiger partial charge in [0.25, 0.3) is 0 Å². The maximum absolute atomic E-state index is 5.90. The van der Waals surface area contributed by atoms with Crippen LogP contribution in [0.25, 0.3) is 0 Å². The average molecular weight is 244 g/mol. The number of aromatic nitrogens is 2. The maximum Gasteiger partial charge on any atom is 0.134 e. The second-order valence-corrected chi connectivity index (χ2v) is 4.06. The standard InChI is InChI=1S/C11H18ClN3O/c1-4-10-14-9(12)7-11(15-10)13-8(2)5-6-16-3/h7-8H,4-6H2,1-3H3,(H,13,14,15). The van der Waals surface area contributed by atoms with Gasteiger partial charge in [0, 0.05) is 32.2 Å². The molecule has 0 aliphatic carbocycles. The molecule has 90 valence electrons. The summed E-state index contributed by atoms with van der Waals surface area (Å²) in [5.74, 6) is 1.54. The van der Waals surface area contributed by atoms with E-state index in [-0.39, 0.29) is 0 Å². The van der Waals surface area contributed by atoms with E-state index in [1.807, 2.05) is 6.92 Å². The summed E-state index contributed by atoms with van der Waals surface area (Å²) in [6.07, 6.45) is 1.71. The Morgan fingerprint density at radius 1 is 1.50 bits per heavy atom. The van der Waals surface area contributed by atoms with Gasteiger partial charge in [-0.25, -0.2) is 9.97 Å². The predicted molar refractivity (Wildman–Crippen MR) is 66.0 cm³/mol. The molecule has 0 fully saturated rings. The fraction of sp³-hybridized carbons (Fsp3) is 0.636. The van der Waals surface area contributed by atoms with E-state index in [4.69, 9.17) is 16.3 Å². The van der Waals surface area contributed by atoms with Gasteiger partial charge in [0.05, 0.1) is 0 Å². The number of ether oxygens (including phenoxy) is 1. The monoisotopic (exact) mass is 243 g/mol. The molecule has 0 radical (unpaired) electrons. The van der Waals surface area contributed by atoms with Crippen molar-refractivity contribution < 1.29 is 4.74 Å². The molecule has 4 nitrogen and oxygen atoms in total. The highest BCUT2D eigenvalue weighted by Crippen LogP contribution is 2.13. The predicted octanol–water partition coefficient (Wildman–Crippen LogP) is 2.53. The molecule has 16 heavy (non-hydrogen) atoms. The second kappa shape index (κ2) is 6.66. The lowest BCUT2D eigenvalue weighted by Gasteiger charge is -2.14. The molecule has 0 saturated carbocycles. The Morgan fingerprint density at radius 3 is 2.88 bits per heavy atom. The van der Waals surface area contributed by atoms with Crippen LogP contribution in [-0.4, -0.2) is 29.7 Å². The summed E-state index contributed by atoms with van der Waals surface area (Å²) in [6.45, 7) is 4.82. The zero-order valence-corrected chi connectivity index (χ0v) is 10.7. The van der Waals surface area contributed by atoms with Crippen molar-refractivity contribution in [2.75, 3.05) is 19.0 Å². The molecule has 0 aliphatic heterocycles. The lowest BCUT2D eigenvalue weighted by atomic mass is 10.2. The molecule has 1 aromatic rings. The number of hydrogen-bond donors (Lipinski definition) is 1. The van der Waals surface area contributed by atoms with Crippen molar-refractivity contribution in [3.05, 3.63) is 17.0 Å². The van der Waals surface area contributed by atoms with Crippen molar-refractivity contribution in [3.8, 4) is 0 Å². The van der Waals surface area contributed by atoms with Gasteiger partial charge < -0.3 is 10.1 Å². The molecule has 1 rings (SSSR count). The Balaban J connectivity index is 2.61. The van der Waals surface area contributed by atoms with Crippen molar-refractivity contribution in [3.63, 3.8) is 0 Å². The van der Waals surface area contributed by atoms with E-state index in [1.54, 1.807) is 13.2 Å². The van der Waals surface area contributed by atoms with E-state index in [0.717, 1.165) is 31.1 Å². The van der Waals surface area contributed by atoms with Crippen LogP contribution < -0.4 is 5.32 Å². The first-order valence-corrected chi connectivity index (χ1v) is 5.82. The third-order valence-electron chi connectivity index (χ3n) is 2.21. The van der Waals surface area contributed by atoms with Gasteiger partial charge in [-0.1, -0.05) is 18.5 Å². The smallest absolute Gasteiger partial charge is 0.134 e. The summed E-state index contributed by atoms with van der Waals surface area (Å²) in [7, 11) is 1.70. The maximum atomic E-state index is 5.90. The molecule has 1 heterocycles. The largest absolute Gasteiger partial charge is 0.385 e. The number of rotatable bonds is 6. The fourth-order valence-electron chi connectivity index (χ4n) is 1.32. The number of methoxy groups -OCH3 is 1. The van der Waals surface area contributed by atoms with E-state index < -0.39 is 0 Å². The molecule has 1 atom stereocenters. The number of nitrogens with zero attached hydrogens (tertiary/aromatic N) is 2. The first-order chi connectivity index (χ1) is 7.65. The van der Waals surface area contributed by atoms with Crippen molar-refractivity contribution in [2.45, 2.75) is 32.7 Å². The van der Waals surface area contributed by atoms with Crippen molar-refractivity contribution in [1.82, 2.24) is 9.97 Å². The summed E-state index contributed by atoms with van der Waals surface area (Å²) in [4.78, 5) is 8.46. The minimum atomic E-state index is 0.302. The Hall–Kier alpha value is -0.870. The Bertz CT molecular complexity index is 333. The van der Waals surface area contributed by atoms with Gasteiger partial charge in [0.2, 0.25) is 0 Å². The molecule has 1 aromatic heterocycles. The zero-order valence-electron chi connectivity index (χ0n) is 9.96. The average Bonchev–Trinajstić information content (AvgIpc) is 2.25. The van der Waals surface area contributed by atoms with Gasteiger partial charge in [-0.15, -0.1) is 0 Å². The third kappa shape index (κ3) is 4.33. The summed E-state index contributed by atoms with van der Waals surface area (Å²) in [5.41, 5.74) is 0. The minimum Gasteiger partial charge on any atom is -0.385 e. The van der Waals surface area contributed by atoms with Crippen LogP contribution in [0.4, 0.5) is 5.82 Å². The lowest BCUT2D eigenvalue weighted by Crippen LogP contribution is -2.18. The molecule has 0 saturated heterocycles. The zero-order chi connectivity index (χ0) is 12.0. The van der Waals surface area contributed by atoms with Crippen molar-refractivity contribution >= 4 is 17.4 Å². The van der Waals surface area contributed by atoms with E-state index in [2.05, 4.69) is 22.2 Å². The Kier molecular flexibility index (Phi) is 5.49. The highest BCUT2D eigenvalue weighted by Gasteiger charge is 2.05. The SMILES string of the molecule is CCc1nc(Cl)cc(NC(C)CCOC)n1. The molecule has 1 N–H and O–H groups in total. The topological polar surface area (TPSA) is 47.0 Å². The van der Waals surface area contributed by atoms with E-state index in [0.29, 0.717) is 11.2 Å². The van der Waals surface area contributed by atoms with Crippen LogP contribution in [0.5, 0.6) is 0 Å². The molecule has 0 bridgehead atoms. The molecular weight excluding hydrogens is 226 g/mol.